The standard InChI is InChI=1S/C12H24N2O3.CH4/c1-9(11(3)15)5-13-7-17-8-14-6-10(2)12(4)16;/h9-10,13-14H,5-8H2,1-4H3;1H4. The fourth-order valence-electron chi connectivity index (χ4n) is 1.03. The number of carbonyl (C=O) groups is 2. The van der Waals surface area contributed by atoms with E-state index in [0.29, 0.717) is 26.6 Å². The third-order valence-corrected chi connectivity index (χ3v) is 2.70. The maximum Gasteiger partial charge on any atom is 0.133 e. The van der Waals surface area contributed by atoms with Crippen LogP contribution in [0.4, 0.5) is 0 Å². The van der Waals surface area contributed by atoms with Crippen molar-refractivity contribution in [3.8, 4) is 0 Å². The molecule has 0 amide bonds. The second kappa shape index (κ2) is 11.3. The fraction of sp³-hybridized carbons (Fsp3) is 0.846. The Morgan fingerprint density at radius 3 is 1.56 bits per heavy atom. The van der Waals surface area contributed by atoms with E-state index in [1.807, 2.05) is 13.8 Å². The lowest BCUT2D eigenvalue weighted by molar-refractivity contribution is -0.120. The lowest BCUT2D eigenvalue weighted by atomic mass is 10.1. The van der Waals surface area contributed by atoms with Gasteiger partial charge in [0.15, 0.2) is 0 Å². The quantitative estimate of drug-likeness (QED) is 0.456. The largest absolute Gasteiger partial charge is 0.351 e. The Bertz CT molecular complexity index is 220. The number of Topliss-reactive ketones (excluding diaryl/α,β-unsaturated/α-hetero) is 2. The molecule has 0 aromatic heterocycles. The van der Waals surface area contributed by atoms with E-state index < -0.39 is 0 Å². The van der Waals surface area contributed by atoms with Gasteiger partial charge in [-0.3, -0.25) is 20.2 Å². The SMILES string of the molecule is C.CC(=O)C(C)CNCOCNCC(C)C(C)=O. The van der Waals surface area contributed by atoms with Crippen molar-refractivity contribution in [3.63, 3.8) is 0 Å². The average molecular weight is 260 g/mol. The van der Waals surface area contributed by atoms with Crippen LogP contribution in [0.1, 0.15) is 35.1 Å². The van der Waals surface area contributed by atoms with Gasteiger partial charge in [-0.15, -0.1) is 0 Å². The van der Waals surface area contributed by atoms with Crippen LogP contribution in [0, 0.1) is 11.8 Å². The first-order chi connectivity index (χ1) is 7.95. The summed E-state index contributed by atoms with van der Waals surface area (Å²) in [4.78, 5) is 21.8. The van der Waals surface area contributed by atoms with Gasteiger partial charge in [-0.25, -0.2) is 0 Å². The van der Waals surface area contributed by atoms with Crippen LogP contribution in [0.3, 0.4) is 0 Å². The Hall–Kier alpha value is -0.780. The Morgan fingerprint density at radius 2 is 1.28 bits per heavy atom. The third-order valence-electron chi connectivity index (χ3n) is 2.70. The topological polar surface area (TPSA) is 67.4 Å². The lowest BCUT2D eigenvalue weighted by Gasteiger charge is -2.12. The van der Waals surface area contributed by atoms with Gasteiger partial charge in [-0.05, 0) is 13.8 Å². The second-order valence-corrected chi connectivity index (χ2v) is 4.42. The molecule has 0 spiro atoms. The maximum absolute atomic E-state index is 10.9. The van der Waals surface area contributed by atoms with E-state index in [2.05, 4.69) is 10.6 Å². The minimum Gasteiger partial charge on any atom is -0.351 e. The van der Waals surface area contributed by atoms with Crippen molar-refractivity contribution in [2.24, 2.45) is 11.8 Å². The maximum atomic E-state index is 10.9. The minimum atomic E-state index is 0. The van der Waals surface area contributed by atoms with Gasteiger partial charge in [0.2, 0.25) is 0 Å². The van der Waals surface area contributed by atoms with Gasteiger partial charge in [0, 0.05) is 24.9 Å². The third kappa shape index (κ3) is 10.4. The monoisotopic (exact) mass is 260 g/mol. The van der Waals surface area contributed by atoms with E-state index in [4.69, 9.17) is 4.74 Å². The molecule has 0 aliphatic carbocycles. The molecule has 0 aliphatic rings. The molecule has 0 heterocycles. The van der Waals surface area contributed by atoms with Crippen LogP contribution in [0.2, 0.25) is 0 Å². The first kappa shape index (κ1) is 19.6. The van der Waals surface area contributed by atoms with Crippen LogP contribution in [0.25, 0.3) is 0 Å². The predicted molar refractivity (Wildman–Crippen MR) is 73.2 cm³/mol. The van der Waals surface area contributed by atoms with Crippen molar-refractivity contribution in [2.45, 2.75) is 35.1 Å². The molecule has 0 fully saturated rings. The van der Waals surface area contributed by atoms with Gasteiger partial charge in [0.1, 0.15) is 11.6 Å². The molecule has 0 rings (SSSR count). The summed E-state index contributed by atoms with van der Waals surface area (Å²) in [5.41, 5.74) is 0. The number of carbonyl (C=O) groups excluding carboxylic acids is 2. The highest BCUT2D eigenvalue weighted by atomic mass is 16.5. The van der Waals surface area contributed by atoms with E-state index in [1.54, 1.807) is 13.8 Å². The summed E-state index contributed by atoms with van der Waals surface area (Å²) in [5, 5.41) is 6.05. The Morgan fingerprint density at radius 1 is 0.944 bits per heavy atom. The van der Waals surface area contributed by atoms with E-state index in [9.17, 15) is 9.59 Å². The number of rotatable bonds is 10. The molecule has 5 nitrogen and oxygen atoms in total. The summed E-state index contributed by atoms with van der Waals surface area (Å²) in [5.74, 6) is 0.380. The molecule has 108 valence electrons. The molecule has 5 heteroatoms. The molecule has 0 aromatic rings. The van der Waals surface area contributed by atoms with Crippen LogP contribution in [-0.4, -0.2) is 38.1 Å². The Kier molecular flexibility index (Phi) is 12.3. The lowest BCUT2D eigenvalue weighted by Crippen LogP contribution is -2.31. The van der Waals surface area contributed by atoms with Gasteiger partial charge in [-0.2, -0.15) is 0 Å². The predicted octanol–water partition coefficient (Wildman–Crippen LogP) is 1.18. The number of nitrogens with one attached hydrogen (secondary N) is 2. The summed E-state index contributed by atoms with van der Waals surface area (Å²) < 4.78 is 5.25. The summed E-state index contributed by atoms with van der Waals surface area (Å²) in [6.45, 7) is 8.97. The molecule has 2 atom stereocenters. The zero-order valence-electron chi connectivity index (χ0n) is 11.2. The van der Waals surface area contributed by atoms with Crippen molar-refractivity contribution in [3.05, 3.63) is 0 Å². The zero-order chi connectivity index (χ0) is 13.3. The fourth-order valence-corrected chi connectivity index (χ4v) is 1.03. The summed E-state index contributed by atoms with van der Waals surface area (Å²) >= 11 is 0. The van der Waals surface area contributed by atoms with Crippen LogP contribution in [0.5, 0.6) is 0 Å². The van der Waals surface area contributed by atoms with Crippen molar-refractivity contribution in [1.82, 2.24) is 10.6 Å². The molecule has 2 N–H and O–H groups in total. The van der Waals surface area contributed by atoms with Crippen LogP contribution in [-0.2, 0) is 14.3 Å². The van der Waals surface area contributed by atoms with Crippen molar-refractivity contribution >= 4 is 11.6 Å². The molecule has 0 radical (unpaired) electrons. The summed E-state index contributed by atoms with van der Waals surface area (Å²) in [6.07, 6.45) is 0. The van der Waals surface area contributed by atoms with Crippen molar-refractivity contribution in [1.29, 1.82) is 0 Å². The smallest absolute Gasteiger partial charge is 0.133 e. The van der Waals surface area contributed by atoms with E-state index in [0.717, 1.165) is 0 Å². The normalized spacial score (nSPS) is 13.6. The second-order valence-electron chi connectivity index (χ2n) is 4.42. The first-order valence-electron chi connectivity index (χ1n) is 5.95. The van der Waals surface area contributed by atoms with Gasteiger partial charge in [-0.1, -0.05) is 21.3 Å². The highest BCUT2D eigenvalue weighted by Gasteiger charge is 2.07. The minimum absolute atomic E-state index is 0. The number of hydrogen-bond donors (Lipinski definition) is 2. The average Bonchev–Trinajstić information content (AvgIpc) is 2.26. The molecular weight excluding hydrogens is 232 g/mol. The molecule has 2 unspecified atom stereocenters. The molecular formula is C13H28N2O3. The number of ketones is 2. The van der Waals surface area contributed by atoms with Crippen LogP contribution < -0.4 is 10.6 Å². The van der Waals surface area contributed by atoms with Crippen LogP contribution in [0.15, 0.2) is 0 Å². The Balaban J connectivity index is 0. The van der Waals surface area contributed by atoms with Gasteiger partial charge in [0.05, 0.1) is 13.5 Å². The number of ether oxygens (including phenoxy) is 1. The van der Waals surface area contributed by atoms with Gasteiger partial charge < -0.3 is 4.74 Å². The van der Waals surface area contributed by atoms with Gasteiger partial charge in [0.25, 0.3) is 0 Å². The van der Waals surface area contributed by atoms with Crippen molar-refractivity contribution in [2.75, 3.05) is 26.6 Å². The number of hydrogen-bond acceptors (Lipinski definition) is 5. The first-order valence-corrected chi connectivity index (χ1v) is 5.95. The van der Waals surface area contributed by atoms with Crippen molar-refractivity contribution < 1.29 is 14.3 Å². The van der Waals surface area contributed by atoms with Crippen LogP contribution >= 0.6 is 0 Å². The van der Waals surface area contributed by atoms with E-state index in [-0.39, 0.29) is 30.8 Å². The summed E-state index contributed by atoms with van der Waals surface area (Å²) in [7, 11) is 0. The van der Waals surface area contributed by atoms with Gasteiger partial charge >= 0.3 is 0 Å². The molecule has 0 aliphatic heterocycles. The Labute approximate surface area is 111 Å². The molecule has 0 saturated carbocycles. The molecule has 0 saturated heterocycles. The highest BCUT2D eigenvalue weighted by molar-refractivity contribution is 5.78. The highest BCUT2D eigenvalue weighted by Crippen LogP contribution is 1.93. The molecule has 0 aromatic carbocycles. The zero-order valence-corrected chi connectivity index (χ0v) is 11.2. The summed E-state index contributed by atoms with van der Waals surface area (Å²) in [6, 6.07) is 0. The molecule has 18 heavy (non-hydrogen) atoms. The molecule has 0 bridgehead atoms. The van der Waals surface area contributed by atoms with E-state index in [1.165, 1.54) is 0 Å². The van der Waals surface area contributed by atoms with E-state index >= 15 is 0 Å².